The molecule has 2 aliphatic heterocycles. The third-order valence-corrected chi connectivity index (χ3v) is 3.54. The third kappa shape index (κ3) is 5.86. The van der Waals surface area contributed by atoms with Crippen LogP contribution >= 0.6 is 0 Å². The van der Waals surface area contributed by atoms with E-state index < -0.39 is 0 Å². The maximum atomic E-state index is 4.13. The highest BCUT2D eigenvalue weighted by atomic mass is 15.2. The van der Waals surface area contributed by atoms with E-state index in [0.717, 1.165) is 39.3 Å². The summed E-state index contributed by atoms with van der Waals surface area (Å²) in [6, 6.07) is 4.12. The molecule has 5 nitrogen and oxygen atoms in total. The van der Waals surface area contributed by atoms with Gasteiger partial charge in [0.2, 0.25) is 0 Å². The van der Waals surface area contributed by atoms with Crippen LogP contribution in [0.4, 0.5) is 5.69 Å². The second-order valence-corrected chi connectivity index (χ2v) is 5.16. The lowest BCUT2D eigenvalue weighted by molar-refractivity contribution is 0.718. The Bertz CT molecular complexity index is 316. The first-order valence-electron chi connectivity index (χ1n) is 7.74. The number of hydrogen-bond acceptors (Lipinski definition) is 5. The fraction of sp³-hybridized carbons (Fsp3) is 0.667. The summed E-state index contributed by atoms with van der Waals surface area (Å²) in [6.45, 7) is 9.09. The van der Waals surface area contributed by atoms with E-state index in [-0.39, 0.29) is 0 Å². The fourth-order valence-electron chi connectivity index (χ4n) is 2.41. The number of anilines is 1. The summed E-state index contributed by atoms with van der Waals surface area (Å²) >= 11 is 0. The Balaban J connectivity index is 0.000000178. The maximum Gasteiger partial charge on any atom is 0.0553 e. The molecule has 3 N–H and O–H groups in total. The van der Waals surface area contributed by atoms with Crippen molar-refractivity contribution in [1.29, 1.82) is 0 Å². The molecule has 3 heterocycles. The fourth-order valence-corrected chi connectivity index (χ4v) is 2.41. The summed E-state index contributed by atoms with van der Waals surface area (Å²) in [7, 11) is 0. The van der Waals surface area contributed by atoms with Crippen molar-refractivity contribution in [3.63, 3.8) is 0 Å². The van der Waals surface area contributed by atoms with Crippen LogP contribution in [0.1, 0.15) is 12.8 Å². The van der Waals surface area contributed by atoms with E-state index in [4.69, 9.17) is 0 Å². The molecule has 20 heavy (non-hydrogen) atoms. The van der Waals surface area contributed by atoms with E-state index in [0.29, 0.717) is 0 Å². The van der Waals surface area contributed by atoms with Gasteiger partial charge in [0.25, 0.3) is 0 Å². The van der Waals surface area contributed by atoms with E-state index in [1.807, 2.05) is 18.5 Å². The molecule has 1 aromatic heterocycles. The summed E-state index contributed by atoms with van der Waals surface area (Å²) in [5.74, 6) is 0. The molecule has 2 aliphatic rings. The lowest BCUT2D eigenvalue weighted by Crippen LogP contribution is -2.27. The molecule has 0 aromatic carbocycles. The number of rotatable bonds is 1. The van der Waals surface area contributed by atoms with Crippen molar-refractivity contribution in [1.82, 2.24) is 20.9 Å². The number of pyridine rings is 1. The second kappa shape index (κ2) is 9.69. The van der Waals surface area contributed by atoms with Crippen molar-refractivity contribution in [3.8, 4) is 0 Å². The third-order valence-electron chi connectivity index (χ3n) is 3.54. The summed E-state index contributed by atoms with van der Waals surface area (Å²) < 4.78 is 0. The van der Waals surface area contributed by atoms with Gasteiger partial charge >= 0.3 is 0 Å². The highest BCUT2D eigenvalue weighted by molar-refractivity contribution is 5.43. The molecule has 0 amide bonds. The molecule has 3 rings (SSSR count). The minimum Gasteiger partial charge on any atom is -0.369 e. The summed E-state index contributed by atoms with van der Waals surface area (Å²) in [6.07, 6.45) is 6.25. The molecule has 0 saturated carbocycles. The Morgan fingerprint density at radius 1 is 0.850 bits per heavy atom. The lowest BCUT2D eigenvalue weighted by atomic mass is 10.3. The van der Waals surface area contributed by atoms with Gasteiger partial charge in [-0.05, 0) is 44.6 Å². The monoisotopic (exact) mass is 277 g/mol. The minimum absolute atomic E-state index is 1.08. The zero-order chi connectivity index (χ0) is 13.9. The molecule has 1 aromatic rings. The van der Waals surface area contributed by atoms with Crippen molar-refractivity contribution in [2.24, 2.45) is 0 Å². The van der Waals surface area contributed by atoms with E-state index in [2.05, 4.69) is 31.9 Å². The van der Waals surface area contributed by atoms with Crippen LogP contribution in [0.2, 0.25) is 0 Å². The van der Waals surface area contributed by atoms with Crippen LogP contribution in [-0.4, -0.2) is 57.3 Å². The molecule has 5 heteroatoms. The zero-order valence-electron chi connectivity index (χ0n) is 12.3. The van der Waals surface area contributed by atoms with E-state index in [9.17, 15) is 0 Å². The average molecular weight is 277 g/mol. The van der Waals surface area contributed by atoms with E-state index in [1.54, 1.807) is 0 Å². The zero-order valence-corrected chi connectivity index (χ0v) is 12.3. The van der Waals surface area contributed by atoms with E-state index >= 15 is 0 Å². The molecule has 0 spiro atoms. The van der Waals surface area contributed by atoms with Gasteiger partial charge in [0, 0.05) is 38.9 Å². The van der Waals surface area contributed by atoms with Crippen molar-refractivity contribution in [2.75, 3.05) is 57.3 Å². The standard InChI is InChI=1S/C10H15N3.C5H12N2/c1-3-10(9-12-4-1)13-7-2-5-11-6-8-13;1-2-6-4-5-7-3-1/h1,3-4,9,11H,2,5-8H2;6-7H,1-5H2. The molecule has 0 unspecified atom stereocenters. The highest BCUT2D eigenvalue weighted by Gasteiger charge is 2.08. The lowest BCUT2D eigenvalue weighted by Gasteiger charge is -2.21. The van der Waals surface area contributed by atoms with Gasteiger partial charge in [-0.25, -0.2) is 0 Å². The topological polar surface area (TPSA) is 52.2 Å². The van der Waals surface area contributed by atoms with Gasteiger partial charge in [-0.3, -0.25) is 4.98 Å². The Labute approximate surface area is 122 Å². The van der Waals surface area contributed by atoms with Gasteiger partial charge in [-0.2, -0.15) is 0 Å². The summed E-state index contributed by atoms with van der Waals surface area (Å²) in [4.78, 5) is 6.51. The highest BCUT2D eigenvalue weighted by Crippen LogP contribution is 2.12. The number of aromatic nitrogens is 1. The quantitative estimate of drug-likeness (QED) is 0.696. The van der Waals surface area contributed by atoms with Gasteiger partial charge < -0.3 is 20.9 Å². The number of nitrogens with zero attached hydrogens (tertiary/aromatic N) is 2. The van der Waals surface area contributed by atoms with Crippen molar-refractivity contribution in [2.45, 2.75) is 12.8 Å². The van der Waals surface area contributed by atoms with Crippen molar-refractivity contribution in [3.05, 3.63) is 24.5 Å². The van der Waals surface area contributed by atoms with Crippen LogP contribution in [0, 0.1) is 0 Å². The molecular weight excluding hydrogens is 250 g/mol. The average Bonchev–Trinajstić information content (AvgIpc) is 2.96. The van der Waals surface area contributed by atoms with E-state index in [1.165, 1.54) is 31.6 Å². The maximum absolute atomic E-state index is 4.13. The Morgan fingerprint density at radius 3 is 2.35 bits per heavy atom. The van der Waals surface area contributed by atoms with Gasteiger partial charge in [0.05, 0.1) is 11.9 Å². The molecule has 2 saturated heterocycles. The number of nitrogens with one attached hydrogen (secondary N) is 3. The van der Waals surface area contributed by atoms with Crippen LogP contribution in [0.25, 0.3) is 0 Å². The molecule has 0 atom stereocenters. The molecule has 0 bridgehead atoms. The van der Waals surface area contributed by atoms with Crippen LogP contribution in [-0.2, 0) is 0 Å². The van der Waals surface area contributed by atoms with Crippen LogP contribution in [0.5, 0.6) is 0 Å². The molecule has 112 valence electrons. The summed E-state index contributed by atoms with van der Waals surface area (Å²) in [5.41, 5.74) is 1.24. The molecule has 0 radical (unpaired) electrons. The van der Waals surface area contributed by atoms with Crippen molar-refractivity contribution >= 4 is 5.69 Å². The first kappa shape index (κ1) is 15.2. The molecular formula is C15H27N5. The van der Waals surface area contributed by atoms with Crippen LogP contribution in [0.3, 0.4) is 0 Å². The first-order chi connectivity index (χ1) is 9.97. The Hall–Kier alpha value is -1.17. The first-order valence-corrected chi connectivity index (χ1v) is 7.74. The largest absolute Gasteiger partial charge is 0.369 e. The van der Waals surface area contributed by atoms with Gasteiger partial charge in [0.15, 0.2) is 0 Å². The molecule has 0 aliphatic carbocycles. The van der Waals surface area contributed by atoms with Gasteiger partial charge in [-0.15, -0.1) is 0 Å². The Kier molecular flexibility index (Phi) is 7.38. The van der Waals surface area contributed by atoms with Crippen molar-refractivity contribution < 1.29 is 0 Å². The van der Waals surface area contributed by atoms with Gasteiger partial charge in [0.1, 0.15) is 0 Å². The second-order valence-electron chi connectivity index (χ2n) is 5.16. The SMILES string of the molecule is C1CNCCNC1.c1cncc(N2CCCNCC2)c1. The Morgan fingerprint density at radius 2 is 1.60 bits per heavy atom. The van der Waals surface area contributed by atoms with Crippen LogP contribution < -0.4 is 20.9 Å². The number of hydrogen-bond donors (Lipinski definition) is 3. The predicted molar refractivity (Wildman–Crippen MR) is 84.3 cm³/mol. The molecule has 2 fully saturated rings. The minimum atomic E-state index is 1.08. The normalized spacial score (nSPS) is 20.3. The predicted octanol–water partition coefficient (Wildman–Crippen LogP) is 0.451. The van der Waals surface area contributed by atoms with Crippen LogP contribution in [0.15, 0.2) is 24.5 Å². The summed E-state index contributed by atoms with van der Waals surface area (Å²) in [5, 5.41) is 9.95. The smallest absolute Gasteiger partial charge is 0.0553 e. The van der Waals surface area contributed by atoms with Gasteiger partial charge in [-0.1, -0.05) is 0 Å².